The summed E-state index contributed by atoms with van der Waals surface area (Å²) in [6.45, 7) is 3.49. The lowest BCUT2D eigenvalue weighted by atomic mass is 9.98. The highest BCUT2D eigenvalue weighted by atomic mass is 16.5. The summed E-state index contributed by atoms with van der Waals surface area (Å²) in [4.78, 5) is 40.3. The Morgan fingerprint density at radius 1 is 1.21 bits per heavy atom. The van der Waals surface area contributed by atoms with Crippen LogP contribution in [-0.4, -0.2) is 62.2 Å². The van der Waals surface area contributed by atoms with Crippen LogP contribution in [0.5, 0.6) is 5.75 Å². The van der Waals surface area contributed by atoms with Gasteiger partial charge in [-0.25, -0.2) is 4.79 Å². The second-order valence-corrected chi connectivity index (χ2v) is 7.09. The normalized spacial score (nSPS) is 22.1. The third-order valence-corrected chi connectivity index (χ3v) is 5.17. The average molecular weight is 389 g/mol. The van der Waals surface area contributed by atoms with Crippen molar-refractivity contribution in [1.29, 1.82) is 0 Å². The second-order valence-electron chi connectivity index (χ2n) is 7.09. The third kappa shape index (κ3) is 4.55. The van der Waals surface area contributed by atoms with Gasteiger partial charge in [0.25, 0.3) is 0 Å². The Bertz CT molecular complexity index is 721. The zero-order valence-corrected chi connectivity index (χ0v) is 16.3. The predicted octanol–water partition coefficient (Wildman–Crippen LogP) is 1.79. The van der Waals surface area contributed by atoms with Crippen molar-refractivity contribution in [3.63, 3.8) is 0 Å². The van der Waals surface area contributed by atoms with Gasteiger partial charge in [-0.05, 0) is 44.0 Å². The van der Waals surface area contributed by atoms with E-state index < -0.39 is 0 Å². The van der Waals surface area contributed by atoms with Crippen molar-refractivity contribution < 1.29 is 23.9 Å². The van der Waals surface area contributed by atoms with Crippen molar-refractivity contribution in [2.24, 2.45) is 5.92 Å². The Labute approximate surface area is 164 Å². The number of amides is 3. The molecule has 0 radical (unpaired) electrons. The molecule has 2 atom stereocenters. The first-order valence-corrected chi connectivity index (χ1v) is 9.68. The summed E-state index contributed by atoms with van der Waals surface area (Å²) in [6.07, 6.45) is 1.75. The monoisotopic (exact) mass is 389 g/mol. The summed E-state index contributed by atoms with van der Waals surface area (Å²) >= 11 is 0. The van der Waals surface area contributed by atoms with Gasteiger partial charge < -0.3 is 24.6 Å². The van der Waals surface area contributed by atoms with E-state index in [2.05, 4.69) is 5.32 Å². The van der Waals surface area contributed by atoms with E-state index in [1.54, 1.807) is 36.0 Å². The third-order valence-electron chi connectivity index (χ3n) is 5.17. The molecular formula is C20H27N3O5. The quantitative estimate of drug-likeness (QED) is 0.776. The molecule has 0 aliphatic carbocycles. The van der Waals surface area contributed by atoms with E-state index in [1.165, 1.54) is 0 Å². The summed E-state index contributed by atoms with van der Waals surface area (Å²) in [5.41, 5.74) is 0.780. The molecule has 2 unspecified atom stereocenters. The lowest BCUT2D eigenvalue weighted by molar-refractivity contribution is -0.149. The minimum absolute atomic E-state index is 0.0292. The number of urea groups is 1. The SMILES string of the molecule is CCOC(=O)C1CCCN(C(=O)NC2CC(=O)N(c3ccc(OC)cc3)C2)C1. The number of ether oxygens (including phenoxy) is 2. The number of methoxy groups -OCH3 is 1. The molecule has 0 saturated carbocycles. The number of carbonyl (C=O) groups is 3. The van der Waals surface area contributed by atoms with Crippen LogP contribution in [0.4, 0.5) is 10.5 Å². The van der Waals surface area contributed by atoms with E-state index in [9.17, 15) is 14.4 Å². The summed E-state index contributed by atoms with van der Waals surface area (Å²) in [6, 6.07) is 6.77. The van der Waals surface area contributed by atoms with Gasteiger partial charge in [-0.1, -0.05) is 0 Å². The summed E-state index contributed by atoms with van der Waals surface area (Å²) in [5, 5.41) is 2.94. The molecule has 1 N–H and O–H groups in total. The molecule has 8 nitrogen and oxygen atoms in total. The van der Waals surface area contributed by atoms with Gasteiger partial charge in [0.2, 0.25) is 5.91 Å². The molecule has 3 amide bonds. The van der Waals surface area contributed by atoms with Gasteiger partial charge in [0, 0.05) is 31.7 Å². The maximum Gasteiger partial charge on any atom is 0.317 e. The standard InChI is InChI=1S/C20H27N3O5/c1-3-28-19(25)14-5-4-10-22(12-14)20(26)21-15-11-18(24)23(13-15)16-6-8-17(27-2)9-7-16/h6-9,14-15H,3-5,10-13H2,1-2H3,(H,21,26). The Morgan fingerprint density at radius 2 is 1.96 bits per heavy atom. The maximum absolute atomic E-state index is 12.6. The first kappa shape index (κ1) is 20.0. The van der Waals surface area contributed by atoms with Crippen LogP contribution < -0.4 is 15.0 Å². The van der Waals surface area contributed by atoms with Crippen molar-refractivity contribution >= 4 is 23.6 Å². The number of carbonyl (C=O) groups excluding carboxylic acids is 3. The predicted molar refractivity (Wildman–Crippen MR) is 103 cm³/mol. The van der Waals surface area contributed by atoms with Gasteiger partial charge in [0.05, 0.1) is 25.7 Å². The number of esters is 1. The number of hydrogen-bond acceptors (Lipinski definition) is 5. The number of anilines is 1. The van der Waals surface area contributed by atoms with E-state index in [0.717, 1.165) is 24.3 Å². The fourth-order valence-electron chi connectivity index (χ4n) is 3.70. The fourth-order valence-corrected chi connectivity index (χ4v) is 3.70. The number of hydrogen-bond donors (Lipinski definition) is 1. The molecule has 2 aliphatic rings. The van der Waals surface area contributed by atoms with Gasteiger partial charge in [-0.3, -0.25) is 9.59 Å². The first-order valence-electron chi connectivity index (χ1n) is 9.68. The molecule has 0 bridgehead atoms. The van der Waals surface area contributed by atoms with Crippen LogP contribution in [-0.2, 0) is 14.3 Å². The van der Waals surface area contributed by atoms with Crippen LogP contribution in [0.3, 0.4) is 0 Å². The Balaban J connectivity index is 1.55. The molecule has 8 heteroatoms. The molecule has 2 aliphatic heterocycles. The van der Waals surface area contributed by atoms with Crippen molar-refractivity contribution in [1.82, 2.24) is 10.2 Å². The number of benzene rings is 1. The number of likely N-dealkylation sites (tertiary alicyclic amines) is 1. The zero-order valence-electron chi connectivity index (χ0n) is 16.3. The Morgan fingerprint density at radius 3 is 2.64 bits per heavy atom. The average Bonchev–Trinajstić information content (AvgIpc) is 3.08. The maximum atomic E-state index is 12.6. The van der Waals surface area contributed by atoms with Crippen molar-refractivity contribution in [3.8, 4) is 5.75 Å². The van der Waals surface area contributed by atoms with Crippen molar-refractivity contribution in [3.05, 3.63) is 24.3 Å². The lowest BCUT2D eigenvalue weighted by Crippen LogP contribution is -2.50. The molecule has 1 aromatic carbocycles. The highest BCUT2D eigenvalue weighted by molar-refractivity contribution is 5.96. The van der Waals surface area contributed by atoms with Gasteiger partial charge in [0.1, 0.15) is 5.75 Å². The Hall–Kier alpha value is -2.77. The molecule has 2 saturated heterocycles. The fraction of sp³-hybridized carbons (Fsp3) is 0.550. The highest BCUT2D eigenvalue weighted by Crippen LogP contribution is 2.24. The summed E-state index contributed by atoms with van der Waals surface area (Å²) in [5.74, 6) is 0.169. The number of piperidine rings is 1. The van der Waals surface area contributed by atoms with Crippen LogP contribution in [0.1, 0.15) is 26.2 Å². The van der Waals surface area contributed by atoms with Gasteiger partial charge in [0.15, 0.2) is 0 Å². The molecule has 1 aromatic rings. The molecule has 2 fully saturated rings. The highest BCUT2D eigenvalue weighted by Gasteiger charge is 2.34. The smallest absolute Gasteiger partial charge is 0.317 e. The van der Waals surface area contributed by atoms with E-state index >= 15 is 0 Å². The van der Waals surface area contributed by atoms with E-state index in [4.69, 9.17) is 9.47 Å². The molecule has 3 rings (SSSR count). The minimum Gasteiger partial charge on any atom is -0.497 e. The number of rotatable bonds is 5. The molecule has 2 heterocycles. The summed E-state index contributed by atoms with van der Waals surface area (Å²) in [7, 11) is 1.59. The second kappa shape index (κ2) is 8.95. The van der Waals surface area contributed by atoms with Crippen LogP contribution in [0.15, 0.2) is 24.3 Å². The van der Waals surface area contributed by atoms with Crippen molar-refractivity contribution in [2.45, 2.75) is 32.2 Å². The first-order chi connectivity index (χ1) is 13.5. The van der Waals surface area contributed by atoms with Crippen LogP contribution in [0.25, 0.3) is 0 Å². The summed E-state index contributed by atoms with van der Waals surface area (Å²) < 4.78 is 10.2. The Kier molecular flexibility index (Phi) is 6.38. The molecule has 152 valence electrons. The van der Waals surface area contributed by atoms with Crippen molar-refractivity contribution in [2.75, 3.05) is 38.3 Å². The lowest BCUT2D eigenvalue weighted by Gasteiger charge is -2.32. The van der Waals surface area contributed by atoms with Gasteiger partial charge in [-0.2, -0.15) is 0 Å². The molecule has 0 aromatic heterocycles. The van der Waals surface area contributed by atoms with E-state index in [-0.39, 0.29) is 36.3 Å². The largest absolute Gasteiger partial charge is 0.497 e. The van der Waals surface area contributed by atoms with E-state index in [0.29, 0.717) is 26.2 Å². The van der Waals surface area contributed by atoms with Crippen LogP contribution in [0.2, 0.25) is 0 Å². The zero-order chi connectivity index (χ0) is 20.1. The molecule has 28 heavy (non-hydrogen) atoms. The number of nitrogens with zero attached hydrogens (tertiary/aromatic N) is 2. The topological polar surface area (TPSA) is 88.2 Å². The van der Waals surface area contributed by atoms with Gasteiger partial charge in [-0.15, -0.1) is 0 Å². The van der Waals surface area contributed by atoms with Crippen LogP contribution in [0, 0.1) is 5.92 Å². The minimum atomic E-state index is -0.277. The van der Waals surface area contributed by atoms with E-state index in [1.807, 2.05) is 12.1 Å². The number of nitrogens with one attached hydrogen (secondary N) is 1. The molecule has 0 spiro atoms. The molecular weight excluding hydrogens is 362 g/mol. The van der Waals surface area contributed by atoms with Crippen LogP contribution >= 0.6 is 0 Å². The van der Waals surface area contributed by atoms with Gasteiger partial charge >= 0.3 is 12.0 Å².